The summed E-state index contributed by atoms with van der Waals surface area (Å²) in [6.07, 6.45) is 0. The Hall–Kier alpha value is -11.5. The third-order valence-corrected chi connectivity index (χ3v) is 22.6. The number of thiophene rings is 2. The minimum Gasteiger partial charge on any atom is -0.135 e. The summed E-state index contributed by atoms with van der Waals surface area (Å²) in [6.45, 7) is 0. The van der Waals surface area contributed by atoms with E-state index in [1.54, 1.807) is 0 Å². The molecule has 0 spiro atoms. The lowest BCUT2D eigenvalue weighted by Crippen LogP contribution is -1.94. The molecule has 0 aliphatic heterocycles. The molecular formula is C92H54S2. The topological polar surface area (TPSA) is 0 Å². The molecule has 0 saturated heterocycles. The molecule has 0 radical (unpaired) electrons. The highest BCUT2D eigenvalue weighted by Gasteiger charge is 2.25. The van der Waals surface area contributed by atoms with Gasteiger partial charge in [0.25, 0.3) is 0 Å². The van der Waals surface area contributed by atoms with E-state index in [-0.39, 0.29) is 0 Å². The van der Waals surface area contributed by atoms with Crippen molar-refractivity contribution in [1.82, 2.24) is 0 Å². The van der Waals surface area contributed by atoms with Crippen LogP contribution in [0, 0.1) is 0 Å². The van der Waals surface area contributed by atoms with Crippen LogP contribution in [0.2, 0.25) is 0 Å². The van der Waals surface area contributed by atoms with Crippen molar-refractivity contribution in [3.8, 4) is 77.9 Å². The number of fused-ring (bicyclic) bond motifs is 16. The van der Waals surface area contributed by atoms with Crippen LogP contribution in [0.5, 0.6) is 0 Å². The fourth-order valence-electron chi connectivity index (χ4n) is 16.1. The molecule has 94 heavy (non-hydrogen) atoms. The molecule has 2 heterocycles. The van der Waals surface area contributed by atoms with Crippen molar-refractivity contribution in [2.24, 2.45) is 0 Å². The van der Waals surface area contributed by atoms with Gasteiger partial charge < -0.3 is 0 Å². The molecule has 0 aliphatic rings. The number of rotatable bonds is 7. The average Bonchev–Trinajstić information content (AvgIpc) is 1.21. The normalized spacial score (nSPS) is 12.0. The van der Waals surface area contributed by atoms with E-state index in [0.717, 1.165) is 0 Å². The van der Waals surface area contributed by atoms with Gasteiger partial charge in [0.15, 0.2) is 0 Å². The van der Waals surface area contributed by atoms with E-state index < -0.39 is 0 Å². The van der Waals surface area contributed by atoms with Gasteiger partial charge in [0.2, 0.25) is 0 Å². The van der Waals surface area contributed by atoms with Gasteiger partial charge in [0, 0.05) is 45.9 Å². The van der Waals surface area contributed by atoms with E-state index in [1.807, 2.05) is 22.7 Å². The van der Waals surface area contributed by atoms with E-state index in [0.29, 0.717) is 0 Å². The highest BCUT2D eigenvalue weighted by Crippen LogP contribution is 2.53. The first-order chi connectivity index (χ1) is 46.6. The molecule has 0 saturated carbocycles. The molecule has 0 aliphatic carbocycles. The third-order valence-electron chi connectivity index (χ3n) is 20.2. The number of benzene rings is 18. The minimum absolute atomic E-state index is 1.18. The van der Waals surface area contributed by atoms with E-state index >= 15 is 0 Å². The zero-order valence-electron chi connectivity index (χ0n) is 51.0. The second-order valence-electron chi connectivity index (χ2n) is 25.2. The van der Waals surface area contributed by atoms with Crippen LogP contribution >= 0.6 is 22.7 Å². The lowest BCUT2D eigenvalue weighted by atomic mass is 9.82. The summed E-state index contributed by atoms with van der Waals surface area (Å²) in [5.74, 6) is 0. The molecule has 2 heteroatoms. The Morgan fingerprint density at radius 1 is 0.160 bits per heavy atom. The molecule has 0 unspecified atom stereocenters. The van der Waals surface area contributed by atoms with E-state index in [2.05, 4.69) is 328 Å². The lowest BCUT2D eigenvalue weighted by Gasteiger charge is -2.21. The largest absolute Gasteiger partial charge is 0.135 e. The fraction of sp³-hybridized carbons (Fsp3) is 0. The van der Waals surface area contributed by atoms with Crippen LogP contribution in [-0.4, -0.2) is 0 Å². The van der Waals surface area contributed by atoms with Gasteiger partial charge in [-0.1, -0.05) is 291 Å². The first-order valence-electron chi connectivity index (χ1n) is 32.4. The van der Waals surface area contributed by atoms with Gasteiger partial charge in [-0.3, -0.25) is 0 Å². The zero-order chi connectivity index (χ0) is 61.5. The predicted molar refractivity (Wildman–Crippen MR) is 410 cm³/mol. The summed E-state index contributed by atoms with van der Waals surface area (Å²) in [5.41, 5.74) is 17.2. The molecular weight excluding hydrogens is 1170 g/mol. The Bertz CT molecular complexity index is 6490. The van der Waals surface area contributed by atoms with Crippen LogP contribution in [0.15, 0.2) is 328 Å². The van der Waals surface area contributed by atoms with Crippen molar-refractivity contribution < 1.29 is 0 Å². The SMILES string of the molecule is c1cc(-c2cccc3ccccc23)cc(-c2c3ccccc3c(-c3cc4ccc(-c5ccc(-c6cccc7ccccc67)c(-c6c7ccccc7c(-c7ccc8c(c7)sc7c9ccccc9ccc87)c7ccccc67)c5)cc4c4c3sc3ccccc34)c3ccccc23)c1. The molecule has 0 nitrogen and oxygen atoms in total. The summed E-state index contributed by atoms with van der Waals surface area (Å²) >= 11 is 3.83. The van der Waals surface area contributed by atoms with Gasteiger partial charge in [-0.15, -0.1) is 22.7 Å². The molecule has 0 amide bonds. The Kier molecular flexibility index (Phi) is 11.9. The molecule has 0 bridgehead atoms. The van der Waals surface area contributed by atoms with E-state index in [4.69, 9.17) is 0 Å². The van der Waals surface area contributed by atoms with Gasteiger partial charge in [-0.05, 0) is 195 Å². The first-order valence-corrected chi connectivity index (χ1v) is 34.1. The lowest BCUT2D eigenvalue weighted by molar-refractivity contribution is 1.61. The Labute approximate surface area is 550 Å². The van der Waals surface area contributed by atoms with E-state index in [9.17, 15) is 0 Å². The summed E-state index contributed by atoms with van der Waals surface area (Å²) < 4.78 is 5.24. The Balaban J connectivity index is 0.793. The molecule has 18 aromatic carbocycles. The van der Waals surface area contributed by atoms with Crippen LogP contribution in [0.1, 0.15) is 0 Å². The summed E-state index contributed by atoms with van der Waals surface area (Å²) in [6, 6.07) is 124. The second kappa shape index (κ2) is 21.0. The number of hydrogen-bond donors (Lipinski definition) is 0. The van der Waals surface area contributed by atoms with E-state index in [1.165, 1.54) is 204 Å². The molecule has 0 N–H and O–H groups in total. The van der Waals surface area contributed by atoms with Crippen molar-refractivity contribution >= 4 is 149 Å². The van der Waals surface area contributed by atoms with Crippen LogP contribution < -0.4 is 0 Å². The van der Waals surface area contributed by atoms with Crippen LogP contribution in [-0.2, 0) is 0 Å². The van der Waals surface area contributed by atoms with Gasteiger partial charge in [0.1, 0.15) is 0 Å². The molecule has 0 fully saturated rings. The molecule has 20 aromatic rings. The first kappa shape index (κ1) is 53.2. The summed E-state index contributed by atoms with van der Waals surface area (Å²) in [7, 11) is 0. The Morgan fingerprint density at radius 3 is 1.24 bits per heavy atom. The molecule has 20 rings (SSSR count). The molecule has 2 aromatic heterocycles. The second-order valence-corrected chi connectivity index (χ2v) is 27.3. The smallest absolute Gasteiger partial charge is 0.0440 e. The van der Waals surface area contributed by atoms with Gasteiger partial charge in [0.05, 0.1) is 0 Å². The maximum atomic E-state index is 2.51. The zero-order valence-corrected chi connectivity index (χ0v) is 52.6. The Morgan fingerprint density at radius 2 is 0.596 bits per heavy atom. The maximum absolute atomic E-state index is 2.51. The van der Waals surface area contributed by atoms with Crippen molar-refractivity contribution in [2.45, 2.75) is 0 Å². The van der Waals surface area contributed by atoms with Gasteiger partial charge in [-0.25, -0.2) is 0 Å². The third kappa shape index (κ3) is 8.10. The summed E-state index contributed by atoms with van der Waals surface area (Å²) in [5, 5.41) is 25.2. The van der Waals surface area contributed by atoms with Crippen molar-refractivity contribution in [1.29, 1.82) is 0 Å². The molecule has 434 valence electrons. The fourth-order valence-corrected chi connectivity index (χ4v) is 18.6. The minimum atomic E-state index is 1.18. The number of hydrogen-bond acceptors (Lipinski definition) is 2. The summed E-state index contributed by atoms with van der Waals surface area (Å²) in [4.78, 5) is 0. The average molecular weight is 1220 g/mol. The van der Waals surface area contributed by atoms with Gasteiger partial charge >= 0.3 is 0 Å². The van der Waals surface area contributed by atoms with Gasteiger partial charge in [-0.2, -0.15) is 0 Å². The van der Waals surface area contributed by atoms with Crippen molar-refractivity contribution in [3.05, 3.63) is 328 Å². The predicted octanol–water partition coefficient (Wildman–Crippen LogP) is 27.3. The van der Waals surface area contributed by atoms with Crippen LogP contribution in [0.3, 0.4) is 0 Å². The standard InChI is InChI=1S/C92H54S2/c1-4-27-64-55(20-1)23-18-39-66(64)60-25-17-26-62(50-60)86-73-32-9-13-36-77(73)89(78-37-14-10-33-74(78)86)83-53-61-43-42-58(51-81(61)90-80-38-15-16-41-84(80)93-92(83)90)59-45-47-69(68-40-19-24-56-21-2-5-28-65(56)68)82(52-59)88-75-34-11-7-30-71(75)87(72-31-8-12-35-76(72)88)63-46-48-70-79-49-44-57-22-3-6-29-67(57)91(79)94-85(70)54-63/h1-54H. The van der Waals surface area contributed by atoms with Crippen molar-refractivity contribution in [3.63, 3.8) is 0 Å². The quantitative estimate of drug-likeness (QED) is 0.140. The van der Waals surface area contributed by atoms with Crippen LogP contribution in [0.25, 0.3) is 204 Å². The highest BCUT2D eigenvalue weighted by atomic mass is 32.1. The maximum Gasteiger partial charge on any atom is 0.0440 e. The molecule has 0 atom stereocenters. The van der Waals surface area contributed by atoms with Crippen LogP contribution in [0.4, 0.5) is 0 Å². The highest BCUT2D eigenvalue weighted by molar-refractivity contribution is 7.27. The van der Waals surface area contributed by atoms with Crippen molar-refractivity contribution in [2.75, 3.05) is 0 Å². The monoisotopic (exact) mass is 1220 g/mol.